The highest BCUT2D eigenvalue weighted by molar-refractivity contribution is 5.81. The fraction of sp³-hybridized carbons (Fsp3) is 0.700. The Morgan fingerprint density at radius 1 is 1.26 bits per heavy atom. The van der Waals surface area contributed by atoms with Gasteiger partial charge in [0.15, 0.2) is 0 Å². The molecule has 0 aliphatic carbocycles. The number of rotatable bonds is 9. The lowest BCUT2D eigenvalue weighted by atomic mass is 9.88. The molecule has 214 valence electrons. The molecule has 2 rings (SSSR count). The smallest absolute Gasteiger partial charge is 0.309 e. The van der Waals surface area contributed by atoms with Gasteiger partial charge in [0.05, 0.1) is 24.7 Å². The Morgan fingerprint density at radius 2 is 1.95 bits per heavy atom. The molecule has 2 aliphatic heterocycles. The van der Waals surface area contributed by atoms with E-state index in [1.165, 1.54) is 6.92 Å². The number of epoxide rings is 1. The molecular weight excluding hydrogens is 488 g/mol. The van der Waals surface area contributed by atoms with Crippen LogP contribution in [0.1, 0.15) is 80.6 Å². The number of aliphatic hydroxyl groups is 2. The molecule has 0 saturated carbocycles. The van der Waals surface area contributed by atoms with E-state index in [1.807, 2.05) is 39.8 Å². The van der Waals surface area contributed by atoms with Crippen molar-refractivity contribution < 1.29 is 38.8 Å². The Kier molecular flexibility index (Phi) is 11.9. The fourth-order valence-electron chi connectivity index (χ4n) is 4.86. The van der Waals surface area contributed by atoms with Crippen LogP contribution in [0, 0.1) is 17.8 Å². The summed E-state index contributed by atoms with van der Waals surface area (Å²) in [5.41, 5.74) is -0.596. The van der Waals surface area contributed by atoms with Gasteiger partial charge in [-0.2, -0.15) is 0 Å². The average Bonchev–Trinajstić information content (AvgIpc) is 3.60. The standard InChI is InChI=1S/C30H46O8/c1-8-24(33)21(5)29-25(37-29)16-18(2)10-9-11-19(3)28-20(4)12-13-26(36-22(6)31)30(7,35)15-14-23(32)17-27(34)38-28/h9-13,18,20-21,23,25-26,28-29,32,35H,8,14-17H2,1-7H3/b10-9+,13-12-,19-11+/t18-,20+,21+,23-,25-,26-,28-,29-,30+/m0/s1. The van der Waals surface area contributed by atoms with Crippen molar-refractivity contribution in [1.29, 1.82) is 0 Å². The first-order chi connectivity index (χ1) is 17.7. The van der Waals surface area contributed by atoms with Gasteiger partial charge in [-0.1, -0.05) is 52.0 Å². The SMILES string of the molecule is CCC(=O)[C@@H](C)[C@@H]1O[C@H]1C[C@@H](C)/C=C/C=C(\C)[C@@H]1OC(=O)C[C@@H](O)CC[C@@](C)(O)[C@@H](OC(C)=O)/C=C\[C@H]1C. The summed E-state index contributed by atoms with van der Waals surface area (Å²) in [6, 6.07) is 0. The van der Waals surface area contributed by atoms with Gasteiger partial charge in [-0.25, -0.2) is 0 Å². The summed E-state index contributed by atoms with van der Waals surface area (Å²) in [6.45, 7) is 12.5. The Bertz CT molecular complexity index is 917. The molecule has 0 aromatic carbocycles. The Hall–Kier alpha value is -2.29. The largest absolute Gasteiger partial charge is 0.457 e. The summed E-state index contributed by atoms with van der Waals surface area (Å²) >= 11 is 0. The van der Waals surface area contributed by atoms with E-state index >= 15 is 0 Å². The number of carbonyl (C=O) groups is 3. The molecule has 8 heteroatoms. The first-order valence-corrected chi connectivity index (χ1v) is 13.7. The minimum Gasteiger partial charge on any atom is -0.457 e. The number of cyclic esters (lactones) is 1. The minimum atomic E-state index is -1.41. The van der Waals surface area contributed by atoms with Gasteiger partial charge in [-0.15, -0.1) is 0 Å². The number of hydrogen-bond acceptors (Lipinski definition) is 8. The van der Waals surface area contributed by atoms with Gasteiger partial charge in [-0.3, -0.25) is 14.4 Å². The normalized spacial score (nSPS) is 35.4. The summed E-state index contributed by atoms with van der Waals surface area (Å²) in [6.07, 6.45) is 8.35. The first kappa shape index (κ1) is 31.9. The van der Waals surface area contributed by atoms with Gasteiger partial charge in [0.25, 0.3) is 0 Å². The first-order valence-electron chi connectivity index (χ1n) is 13.7. The van der Waals surface area contributed by atoms with Gasteiger partial charge >= 0.3 is 11.9 Å². The van der Waals surface area contributed by atoms with E-state index in [4.69, 9.17) is 14.2 Å². The Balaban J connectivity index is 2.13. The zero-order chi connectivity index (χ0) is 28.6. The molecule has 2 N–H and O–H groups in total. The van der Waals surface area contributed by atoms with Crippen LogP contribution in [0.15, 0.2) is 36.0 Å². The molecule has 38 heavy (non-hydrogen) atoms. The molecule has 2 heterocycles. The van der Waals surface area contributed by atoms with Crippen molar-refractivity contribution in [3.63, 3.8) is 0 Å². The van der Waals surface area contributed by atoms with Gasteiger partial charge in [0.2, 0.25) is 0 Å². The van der Waals surface area contributed by atoms with Crippen LogP contribution >= 0.6 is 0 Å². The molecule has 1 fully saturated rings. The fourth-order valence-corrected chi connectivity index (χ4v) is 4.86. The van der Waals surface area contributed by atoms with Crippen molar-refractivity contribution in [2.45, 2.75) is 117 Å². The zero-order valence-corrected chi connectivity index (χ0v) is 23.9. The number of hydrogen-bond donors (Lipinski definition) is 2. The van der Waals surface area contributed by atoms with E-state index in [9.17, 15) is 24.6 Å². The van der Waals surface area contributed by atoms with E-state index in [-0.39, 0.29) is 55.0 Å². The number of aliphatic hydroxyl groups excluding tert-OH is 1. The zero-order valence-electron chi connectivity index (χ0n) is 23.9. The molecule has 2 aliphatic rings. The Labute approximate surface area is 227 Å². The van der Waals surface area contributed by atoms with Gasteiger partial charge < -0.3 is 24.4 Å². The van der Waals surface area contributed by atoms with E-state index in [1.54, 1.807) is 19.1 Å². The molecule has 0 radical (unpaired) electrons. The molecule has 0 spiro atoms. The lowest BCUT2D eigenvalue weighted by molar-refractivity contribution is -0.157. The number of Topliss-reactive ketones (excluding diaryl/α,β-unsaturated/α-hetero) is 1. The van der Waals surface area contributed by atoms with Crippen LogP contribution in [0.25, 0.3) is 0 Å². The molecule has 0 aromatic rings. The molecule has 0 bridgehead atoms. The average molecular weight is 535 g/mol. The Morgan fingerprint density at radius 3 is 2.58 bits per heavy atom. The predicted octanol–water partition coefficient (Wildman–Crippen LogP) is 4.23. The second kappa shape index (κ2) is 14.2. The second-order valence-corrected chi connectivity index (χ2v) is 11.2. The van der Waals surface area contributed by atoms with Crippen LogP contribution in [0.3, 0.4) is 0 Å². The molecule has 0 amide bonds. The molecule has 1 saturated heterocycles. The van der Waals surface area contributed by atoms with Crippen LogP contribution in [-0.2, 0) is 28.6 Å². The van der Waals surface area contributed by atoms with Crippen molar-refractivity contribution in [3.05, 3.63) is 36.0 Å². The van der Waals surface area contributed by atoms with Crippen molar-refractivity contribution in [3.8, 4) is 0 Å². The van der Waals surface area contributed by atoms with Crippen LogP contribution in [0.2, 0.25) is 0 Å². The minimum absolute atomic E-state index is 0.00536. The predicted molar refractivity (Wildman–Crippen MR) is 144 cm³/mol. The summed E-state index contributed by atoms with van der Waals surface area (Å²) in [5, 5.41) is 21.3. The third-order valence-corrected chi connectivity index (χ3v) is 7.44. The van der Waals surface area contributed by atoms with Gasteiger partial charge in [-0.05, 0) is 50.7 Å². The lowest BCUT2D eigenvalue weighted by Crippen LogP contribution is -2.42. The van der Waals surface area contributed by atoms with Crippen LogP contribution < -0.4 is 0 Å². The number of ketones is 1. The van der Waals surface area contributed by atoms with Gasteiger partial charge in [0.1, 0.15) is 23.6 Å². The monoisotopic (exact) mass is 534 g/mol. The number of ether oxygens (including phenoxy) is 3. The maximum absolute atomic E-state index is 12.6. The van der Waals surface area contributed by atoms with E-state index < -0.39 is 35.9 Å². The summed E-state index contributed by atoms with van der Waals surface area (Å²) in [5.74, 6) is -0.938. The van der Waals surface area contributed by atoms with E-state index in [2.05, 4.69) is 13.0 Å². The van der Waals surface area contributed by atoms with Crippen molar-refractivity contribution in [2.75, 3.05) is 0 Å². The summed E-state index contributed by atoms with van der Waals surface area (Å²) in [4.78, 5) is 36.2. The van der Waals surface area contributed by atoms with Crippen LogP contribution in [0.4, 0.5) is 0 Å². The quantitative estimate of drug-likeness (QED) is 0.195. The van der Waals surface area contributed by atoms with Crippen LogP contribution in [0.5, 0.6) is 0 Å². The lowest BCUT2D eigenvalue weighted by Gasteiger charge is -2.32. The third-order valence-electron chi connectivity index (χ3n) is 7.44. The molecule has 0 unspecified atom stereocenters. The van der Waals surface area contributed by atoms with Crippen molar-refractivity contribution in [1.82, 2.24) is 0 Å². The summed E-state index contributed by atoms with van der Waals surface area (Å²) < 4.78 is 16.9. The topological polar surface area (TPSA) is 123 Å². The maximum atomic E-state index is 12.6. The highest BCUT2D eigenvalue weighted by atomic mass is 16.6. The summed E-state index contributed by atoms with van der Waals surface area (Å²) in [7, 11) is 0. The second-order valence-electron chi connectivity index (χ2n) is 11.2. The number of esters is 2. The highest BCUT2D eigenvalue weighted by Gasteiger charge is 2.45. The van der Waals surface area contributed by atoms with Crippen LogP contribution in [-0.4, -0.2) is 64.1 Å². The third kappa shape index (κ3) is 9.79. The van der Waals surface area contributed by atoms with Crippen molar-refractivity contribution >= 4 is 17.7 Å². The van der Waals surface area contributed by atoms with E-state index in [0.717, 1.165) is 12.0 Å². The number of carbonyl (C=O) groups excluding carboxylic acids is 3. The maximum Gasteiger partial charge on any atom is 0.309 e. The van der Waals surface area contributed by atoms with Crippen molar-refractivity contribution in [2.24, 2.45) is 17.8 Å². The molecular formula is C30H46O8. The number of allylic oxidation sites excluding steroid dienone is 3. The molecule has 9 atom stereocenters. The molecule has 8 nitrogen and oxygen atoms in total. The van der Waals surface area contributed by atoms with Gasteiger partial charge in [0, 0.05) is 25.2 Å². The molecule has 0 aromatic heterocycles. The highest BCUT2D eigenvalue weighted by Crippen LogP contribution is 2.35. The van der Waals surface area contributed by atoms with E-state index in [0.29, 0.717) is 6.42 Å².